The van der Waals surface area contributed by atoms with Gasteiger partial charge in [-0.25, -0.2) is 9.67 Å². The molecular formula is C18H15BrN6O2S. The number of hydrogen-bond acceptors (Lipinski definition) is 7. The summed E-state index contributed by atoms with van der Waals surface area (Å²) < 4.78 is 7.88. The summed E-state index contributed by atoms with van der Waals surface area (Å²) in [5.74, 6) is 1.01. The van der Waals surface area contributed by atoms with Crippen molar-refractivity contribution in [1.29, 1.82) is 0 Å². The zero-order chi connectivity index (χ0) is 19.3. The van der Waals surface area contributed by atoms with Crippen LogP contribution in [0.15, 0.2) is 56.4 Å². The highest BCUT2D eigenvalue weighted by atomic mass is 79.9. The van der Waals surface area contributed by atoms with E-state index in [0.29, 0.717) is 24.7 Å². The number of anilines is 1. The van der Waals surface area contributed by atoms with Crippen molar-refractivity contribution in [2.45, 2.75) is 19.4 Å². The molecule has 1 aromatic carbocycles. The van der Waals surface area contributed by atoms with E-state index in [9.17, 15) is 4.79 Å². The van der Waals surface area contributed by atoms with E-state index in [1.807, 2.05) is 41.1 Å². The molecule has 0 radical (unpaired) electrons. The van der Waals surface area contributed by atoms with Crippen LogP contribution >= 0.6 is 27.3 Å². The molecule has 0 aliphatic heterocycles. The molecule has 0 atom stereocenters. The first-order valence-corrected chi connectivity index (χ1v) is 10.2. The van der Waals surface area contributed by atoms with Gasteiger partial charge in [-0.2, -0.15) is 16.3 Å². The molecule has 142 valence electrons. The highest BCUT2D eigenvalue weighted by Gasteiger charge is 2.12. The van der Waals surface area contributed by atoms with Crippen LogP contribution in [0.1, 0.15) is 17.9 Å². The van der Waals surface area contributed by atoms with Crippen LogP contribution in [0.5, 0.6) is 0 Å². The zero-order valence-corrected chi connectivity index (χ0v) is 17.0. The normalized spacial score (nSPS) is 10.9. The number of nitrogens with one attached hydrogen (secondary N) is 1. The number of carbonyl (C=O) groups excluding carboxylic acids is 1. The fraction of sp³-hybridized carbons (Fsp3) is 0.167. The molecule has 0 unspecified atom stereocenters. The van der Waals surface area contributed by atoms with E-state index in [1.54, 1.807) is 22.3 Å². The van der Waals surface area contributed by atoms with Crippen molar-refractivity contribution in [3.05, 3.63) is 63.3 Å². The lowest BCUT2D eigenvalue weighted by atomic mass is 10.2. The van der Waals surface area contributed by atoms with Gasteiger partial charge in [-0.3, -0.25) is 10.1 Å². The number of nitrogens with zero attached hydrogens (tertiary/aromatic N) is 5. The van der Waals surface area contributed by atoms with Crippen molar-refractivity contribution in [2.75, 3.05) is 5.32 Å². The highest BCUT2D eigenvalue weighted by molar-refractivity contribution is 9.10. The Morgan fingerprint density at radius 2 is 2.11 bits per heavy atom. The van der Waals surface area contributed by atoms with E-state index in [4.69, 9.17) is 4.52 Å². The summed E-state index contributed by atoms with van der Waals surface area (Å²) in [5, 5.41) is 14.8. The van der Waals surface area contributed by atoms with Crippen molar-refractivity contribution >= 4 is 39.1 Å². The average molecular weight is 459 g/mol. The molecule has 0 bridgehead atoms. The van der Waals surface area contributed by atoms with Gasteiger partial charge in [-0.1, -0.05) is 33.2 Å². The smallest absolute Gasteiger partial charge is 0.248 e. The number of halogens is 1. The summed E-state index contributed by atoms with van der Waals surface area (Å²) in [6.07, 6.45) is 2.14. The first-order valence-electron chi connectivity index (χ1n) is 8.44. The third-order valence-electron chi connectivity index (χ3n) is 3.86. The summed E-state index contributed by atoms with van der Waals surface area (Å²) in [5.41, 5.74) is 1.99. The number of amides is 1. The van der Waals surface area contributed by atoms with Crippen LogP contribution in [0.25, 0.3) is 11.4 Å². The van der Waals surface area contributed by atoms with Crippen molar-refractivity contribution < 1.29 is 9.32 Å². The third kappa shape index (κ3) is 4.70. The Morgan fingerprint density at radius 3 is 2.89 bits per heavy atom. The quantitative estimate of drug-likeness (QED) is 0.452. The first-order chi connectivity index (χ1) is 13.7. The second kappa shape index (κ2) is 8.44. The molecule has 1 N–H and O–H groups in total. The predicted octanol–water partition coefficient (Wildman–Crippen LogP) is 3.77. The summed E-state index contributed by atoms with van der Waals surface area (Å²) in [6, 6.07) is 9.85. The fourth-order valence-corrected chi connectivity index (χ4v) is 3.38. The maximum absolute atomic E-state index is 12.1. The number of carbonyl (C=O) groups is 1. The Labute approximate surface area is 172 Å². The molecule has 0 saturated heterocycles. The Bertz CT molecular complexity index is 1060. The number of thiophene rings is 1. The van der Waals surface area contributed by atoms with E-state index in [-0.39, 0.29) is 18.3 Å². The van der Waals surface area contributed by atoms with Crippen LogP contribution < -0.4 is 5.32 Å². The van der Waals surface area contributed by atoms with Gasteiger partial charge in [0.05, 0.1) is 6.54 Å². The van der Waals surface area contributed by atoms with Crippen molar-refractivity contribution in [1.82, 2.24) is 24.9 Å². The Hall–Kier alpha value is -2.85. The number of aryl methyl sites for hydroxylation is 1. The molecule has 10 heteroatoms. The van der Waals surface area contributed by atoms with Gasteiger partial charge >= 0.3 is 0 Å². The van der Waals surface area contributed by atoms with Crippen LogP contribution in [-0.4, -0.2) is 30.8 Å². The molecule has 0 aliphatic rings. The van der Waals surface area contributed by atoms with E-state index >= 15 is 0 Å². The number of hydrogen-bond donors (Lipinski definition) is 1. The lowest BCUT2D eigenvalue weighted by Crippen LogP contribution is -2.14. The fourth-order valence-electron chi connectivity index (χ4n) is 2.48. The van der Waals surface area contributed by atoms with Gasteiger partial charge in [0.1, 0.15) is 6.33 Å². The third-order valence-corrected chi connectivity index (χ3v) is 5.07. The summed E-state index contributed by atoms with van der Waals surface area (Å²) in [7, 11) is 0. The standard InChI is InChI=1S/C18H15BrN6O2S/c19-14-3-1-12(2-4-14)9-25-11-20-18(23-25)21-15(26)5-6-16-22-17(24-27-16)13-7-8-28-10-13/h1-4,7-8,10-11H,5-6,9H2,(H,21,23,26). The van der Waals surface area contributed by atoms with Crippen LogP contribution in [0.2, 0.25) is 0 Å². The molecule has 3 aromatic heterocycles. The van der Waals surface area contributed by atoms with Gasteiger partial charge in [0.2, 0.25) is 23.6 Å². The minimum Gasteiger partial charge on any atom is -0.339 e. The molecule has 4 aromatic rings. The second-order valence-electron chi connectivity index (χ2n) is 5.96. The van der Waals surface area contributed by atoms with Gasteiger partial charge in [0.25, 0.3) is 0 Å². The van der Waals surface area contributed by atoms with E-state index in [2.05, 4.69) is 41.5 Å². The van der Waals surface area contributed by atoms with Gasteiger partial charge in [0, 0.05) is 28.3 Å². The average Bonchev–Trinajstić information content (AvgIpc) is 3.44. The Kier molecular flexibility index (Phi) is 5.58. The number of rotatable bonds is 7. The molecule has 8 nitrogen and oxygen atoms in total. The molecule has 3 heterocycles. The maximum atomic E-state index is 12.1. The largest absolute Gasteiger partial charge is 0.339 e. The van der Waals surface area contributed by atoms with Crippen molar-refractivity contribution in [3.8, 4) is 11.4 Å². The monoisotopic (exact) mass is 458 g/mol. The molecule has 0 saturated carbocycles. The van der Waals surface area contributed by atoms with Crippen LogP contribution in [0.3, 0.4) is 0 Å². The van der Waals surface area contributed by atoms with Crippen LogP contribution in [0, 0.1) is 0 Å². The lowest BCUT2D eigenvalue weighted by Gasteiger charge is -2.01. The Morgan fingerprint density at radius 1 is 1.25 bits per heavy atom. The first kappa shape index (κ1) is 18.5. The maximum Gasteiger partial charge on any atom is 0.248 e. The molecule has 28 heavy (non-hydrogen) atoms. The minimum absolute atomic E-state index is 0.201. The van der Waals surface area contributed by atoms with E-state index in [1.165, 1.54) is 0 Å². The van der Waals surface area contributed by atoms with Crippen LogP contribution in [-0.2, 0) is 17.8 Å². The number of benzene rings is 1. The molecular weight excluding hydrogens is 444 g/mol. The Balaban J connectivity index is 1.28. The SMILES string of the molecule is O=C(CCc1nc(-c2ccsc2)no1)Nc1ncn(Cc2ccc(Br)cc2)n1. The van der Waals surface area contributed by atoms with Gasteiger partial charge < -0.3 is 4.52 Å². The van der Waals surface area contributed by atoms with Gasteiger partial charge in [-0.15, -0.1) is 5.10 Å². The van der Waals surface area contributed by atoms with Gasteiger partial charge in [0.15, 0.2) is 0 Å². The van der Waals surface area contributed by atoms with Crippen molar-refractivity contribution in [2.24, 2.45) is 0 Å². The molecule has 0 aliphatic carbocycles. The summed E-state index contributed by atoms with van der Waals surface area (Å²) >= 11 is 4.97. The lowest BCUT2D eigenvalue weighted by molar-refractivity contribution is -0.116. The molecule has 0 spiro atoms. The van der Waals surface area contributed by atoms with E-state index < -0.39 is 0 Å². The van der Waals surface area contributed by atoms with Crippen LogP contribution in [0.4, 0.5) is 5.95 Å². The highest BCUT2D eigenvalue weighted by Crippen LogP contribution is 2.19. The van der Waals surface area contributed by atoms with E-state index in [0.717, 1.165) is 15.6 Å². The second-order valence-corrected chi connectivity index (χ2v) is 7.66. The summed E-state index contributed by atoms with van der Waals surface area (Å²) in [4.78, 5) is 20.6. The van der Waals surface area contributed by atoms with Crippen molar-refractivity contribution in [3.63, 3.8) is 0 Å². The number of aromatic nitrogens is 5. The predicted molar refractivity (Wildman–Crippen MR) is 108 cm³/mol. The molecule has 4 rings (SSSR count). The minimum atomic E-state index is -0.211. The molecule has 1 amide bonds. The topological polar surface area (TPSA) is 98.7 Å². The van der Waals surface area contributed by atoms with Gasteiger partial charge in [-0.05, 0) is 29.1 Å². The molecule has 0 fully saturated rings. The summed E-state index contributed by atoms with van der Waals surface area (Å²) in [6.45, 7) is 0.573. The zero-order valence-electron chi connectivity index (χ0n) is 14.6.